The number of carbonyl (C=O) groups is 1. The van der Waals surface area contributed by atoms with Crippen LogP contribution in [-0.4, -0.2) is 23.8 Å². The van der Waals surface area contributed by atoms with Crippen LogP contribution in [0.5, 0.6) is 0 Å². The summed E-state index contributed by atoms with van der Waals surface area (Å²) in [6.07, 6.45) is 2.89. The summed E-state index contributed by atoms with van der Waals surface area (Å²) in [5.41, 5.74) is 3.10. The third-order valence-electron chi connectivity index (χ3n) is 5.62. The summed E-state index contributed by atoms with van der Waals surface area (Å²) in [6.45, 7) is 10.4. The molecular formula is C27H30N2O. The van der Waals surface area contributed by atoms with Crippen LogP contribution in [0.4, 0.5) is 0 Å². The molecule has 0 aliphatic carbocycles. The molecule has 0 spiro atoms. The van der Waals surface area contributed by atoms with Gasteiger partial charge in [-0.1, -0.05) is 88.4 Å². The van der Waals surface area contributed by atoms with Gasteiger partial charge in [-0.15, -0.1) is 0 Å². The van der Waals surface area contributed by atoms with Crippen molar-refractivity contribution in [3.63, 3.8) is 0 Å². The summed E-state index contributed by atoms with van der Waals surface area (Å²) in [7, 11) is 0. The normalized spacial score (nSPS) is 15.3. The quantitative estimate of drug-likeness (QED) is 0.453. The number of hydrogen-bond donors (Lipinski definition) is 0. The van der Waals surface area contributed by atoms with Crippen LogP contribution >= 0.6 is 0 Å². The van der Waals surface area contributed by atoms with Crippen LogP contribution in [0.15, 0.2) is 78.0 Å². The van der Waals surface area contributed by atoms with Crippen LogP contribution < -0.4 is 0 Å². The molecule has 1 aliphatic heterocycles. The van der Waals surface area contributed by atoms with Crippen molar-refractivity contribution in [2.45, 2.75) is 34.1 Å². The van der Waals surface area contributed by atoms with Gasteiger partial charge in [0, 0.05) is 30.4 Å². The van der Waals surface area contributed by atoms with Crippen LogP contribution in [0.3, 0.4) is 0 Å². The molecule has 0 aromatic heterocycles. The van der Waals surface area contributed by atoms with Crippen molar-refractivity contribution in [1.82, 2.24) is 4.90 Å². The second kappa shape index (κ2) is 9.13. The molecular weight excluding hydrogens is 368 g/mol. The summed E-state index contributed by atoms with van der Waals surface area (Å²) in [4.78, 5) is 16.0. The average molecular weight is 399 g/mol. The lowest BCUT2D eigenvalue weighted by Crippen LogP contribution is -2.37. The lowest BCUT2D eigenvalue weighted by Gasteiger charge is -2.37. The van der Waals surface area contributed by atoms with Gasteiger partial charge in [-0.05, 0) is 28.9 Å². The molecule has 0 atom stereocenters. The highest BCUT2D eigenvalue weighted by Gasteiger charge is 2.35. The van der Waals surface area contributed by atoms with Crippen LogP contribution in [0.2, 0.25) is 0 Å². The van der Waals surface area contributed by atoms with E-state index in [2.05, 4.69) is 38.7 Å². The maximum atomic E-state index is 13.8. The molecule has 1 aliphatic rings. The van der Waals surface area contributed by atoms with Crippen molar-refractivity contribution in [2.24, 2.45) is 11.3 Å². The zero-order chi connectivity index (χ0) is 21.7. The monoisotopic (exact) mass is 398 g/mol. The van der Waals surface area contributed by atoms with Crippen molar-refractivity contribution >= 4 is 11.4 Å². The number of ketones is 1. The number of allylic oxidation sites excluding steroid dienone is 2. The minimum atomic E-state index is -0.273. The number of Topliss-reactive ketones (excluding diaryl/α,β-unsaturated/α-hetero) is 1. The molecule has 0 amide bonds. The van der Waals surface area contributed by atoms with Crippen molar-refractivity contribution in [2.75, 3.05) is 13.1 Å². The van der Waals surface area contributed by atoms with E-state index >= 15 is 0 Å². The molecule has 154 valence electrons. The molecule has 2 aromatic rings. The highest BCUT2D eigenvalue weighted by atomic mass is 16.1. The molecule has 0 fully saturated rings. The Kier molecular flexibility index (Phi) is 6.57. The van der Waals surface area contributed by atoms with Crippen LogP contribution in [0, 0.1) is 22.7 Å². The van der Waals surface area contributed by atoms with E-state index in [-0.39, 0.29) is 16.8 Å². The lowest BCUT2D eigenvalue weighted by atomic mass is 9.75. The number of carbonyl (C=O) groups excluding carboxylic acids is 1. The number of rotatable bonds is 6. The number of hydrogen-bond acceptors (Lipinski definition) is 3. The molecule has 0 N–H and O–H groups in total. The van der Waals surface area contributed by atoms with Gasteiger partial charge in [0.1, 0.15) is 11.6 Å². The summed E-state index contributed by atoms with van der Waals surface area (Å²) < 4.78 is 0. The Morgan fingerprint density at radius 2 is 1.57 bits per heavy atom. The van der Waals surface area contributed by atoms with E-state index in [9.17, 15) is 10.1 Å². The largest absolute Gasteiger partial charge is 0.377 e. The van der Waals surface area contributed by atoms with E-state index in [0.717, 1.165) is 36.2 Å². The Balaban J connectivity index is 2.17. The Hall–Kier alpha value is -3.12. The van der Waals surface area contributed by atoms with Crippen molar-refractivity contribution in [1.29, 1.82) is 5.26 Å². The third-order valence-corrected chi connectivity index (χ3v) is 5.62. The number of nitrogens with zero attached hydrogens (tertiary/aromatic N) is 2. The van der Waals surface area contributed by atoms with Gasteiger partial charge >= 0.3 is 0 Å². The first kappa shape index (κ1) is 21.6. The van der Waals surface area contributed by atoms with E-state index in [0.29, 0.717) is 11.5 Å². The maximum Gasteiger partial charge on any atom is 0.202 e. The highest BCUT2D eigenvalue weighted by Crippen LogP contribution is 2.38. The Bertz CT molecular complexity index is 951. The first-order chi connectivity index (χ1) is 14.3. The summed E-state index contributed by atoms with van der Waals surface area (Å²) in [5.74, 6) is 0.340. The van der Waals surface area contributed by atoms with Gasteiger partial charge in [0.25, 0.3) is 0 Å². The first-order valence-corrected chi connectivity index (χ1v) is 10.6. The molecule has 0 saturated carbocycles. The molecule has 3 heteroatoms. The lowest BCUT2D eigenvalue weighted by molar-refractivity contribution is -0.113. The van der Waals surface area contributed by atoms with Crippen molar-refractivity contribution in [3.8, 4) is 6.07 Å². The summed E-state index contributed by atoms with van der Waals surface area (Å²) >= 11 is 0. The van der Waals surface area contributed by atoms with Crippen molar-refractivity contribution in [3.05, 3.63) is 89.1 Å². The molecule has 0 unspecified atom stereocenters. The van der Waals surface area contributed by atoms with E-state index < -0.39 is 0 Å². The minimum absolute atomic E-state index is 0.168. The topological polar surface area (TPSA) is 44.1 Å². The van der Waals surface area contributed by atoms with E-state index in [4.69, 9.17) is 0 Å². The van der Waals surface area contributed by atoms with Gasteiger partial charge in [0.05, 0.1) is 0 Å². The molecule has 0 saturated heterocycles. The summed E-state index contributed by atoms with van der Waals surface area (Å²) in [5, 5.41) is 10.1. The van der Waals surface area contributed by atoms with Gasteiger partial charge < -0.3 is 4.90 Å². The average Bonchev–Trinajstić information content (AvgIpc) is 2.73. The van der Waals surface area contributed by atoms with Gasteiger partial charge in [0.15, 0.2) is 0 Å². The minimum Gasteiger partial charge on any atom is -0.377 e. The van der Waals surface area contributed by atoms with Gasteiger partial charge in [0.2, 0.25) is 5.78 Å². The fraction of sp³-hybridized carbons (Fsp3) is 0.333. The molecule has 2 aromatic carbocycles. The Morgan fingerprint density at radius 3 is 2.03 bits per heavy atom. The number of nitriles is 1. The molecule has 30 heavy (non-hydrogen) atoms. The highest BCUT2D eigenvalue weighted by molar-refractivity contribution is 6.17. The third kappa shape index (κ3) is 4.71. The molecule has 0 radical (unpaired) electrons. The second-order valence-corrected chi connectivity index (χ2v) is 8.99. The van der Waals surface area contributed by atoms with Crippen LogP contribution in [0.1, 0.15) is 45.2 Å². The zero-order valence-electron chi connectivity index (χ0n) is 18.4. The van der Waals surface area contributed by atoms with Crippen LogP contribution in [0.25, 0.3) is 5.57 Å². The number of benzene rings is 2. The molecule has 3 rings (SSSR count). The Morgan fingerprint density at radius 1 is 1.03 bits per heavy atom. The van der Waals surface area contributed by atoms with Crippen LogP contribution in [-0.2, 0) is 4.79 Å². The first-order valence-electron chi connectivity index (χ1n) is 10.6. The molecule has 0 bridgehead atoms. The predicted octanol–water partition coefficient (Wildman–Crippen LogP) is 5.85. The SMILES string of the molecule is CC(C)CN1C=C(C(=O)C(C#N)=C(c2ccccc2)c2ccccc2)C(C)(C)CC1. The second-order valence-electron chi connectivity index (χ2n) is 8.99. The van der Waals surface area contributed by atoms with E-state index in [1.54, 1.807) is 0 Å². The maximum absolute atomic E-state index is 13.8. The molecule has 1 heterocycles. The van der Waals surface area contributed by atoms with E-state index in [1.165, 1.54) is 0 Å². The summed E-state index contributed by atoms with van der Waals surface area (Å²) in [6, 6.07) is 21.7. The fourth-order valence-electron chi connectivity index (χ4n) is 3.98. The zero-order valence-corrected chi connectivity index (χ0v) is 18.4. The van der Waals surface area contributed by atoms with Gasteiger partial charge in [-0.3, -0.25) is 4.79 Å². The van der Waals surface area contributed by atoms with Crippen molar-refractivity contribution < 1.29 is 4.79 Å². The predicted molar refractivity (Wildman–Crippen MR) is 122 cm³/mol. The Labute approximate surface area is 180 Å². The van der Waals surface area contributed by atoms with E-state index in [1.807, 2.05) is 66.9 Å². The van der Waals surface area contributed by atoms with Gasteiger partial charge in [-0.25, -0.2) is 0 Å². The fourth-order valence-corrected chi connectivity index (χ4v) is 3.98. The standard InChI is InChI=1S/C27H30N2O/c1-20(2)18-29-16-15-27(3,4)24(19-29)26(30)23(17-28)25(21-11-7-5-8-12-21)22-13-9-6-10-14-22/h5-14,19-20H,15-16,18H2,1-4H3. The molecule has 3 nitrogen and oxygen atoms in total. The smallest absolute Gasteiger partial charge is 0.202 e. The van der Waals surface area contributed by atoms with Gasteiger partial charge in [-0.2, -0.15) is 5.26 Å².